The number of hydrogen-bond acceptors (Lipinski definition) is 4. The van der Waals surface area contributed by atoms with E-state index < -0.39 is 23.0 Å². The van der Waals surface area contributed by atoms with E-state index in [0.29, 0.717) is 19.4 Å². The topological polar surface area (TPSA) is 95.9 Å². The monoisotopic (exact) mass is 476 g/mol. The largest absolute Gasteiger partial charge is 0.481 e. The molecule has 0 aromatic heterocycles. The number of aliphatic carboxylic acids is 1. The number of amides is 2. The summed E-state index contributed by atoms with van der Waals surface area (Å²) in [6.45, 7) is 4.25. The van der Waals surface area contributed by atoms with Crippen LogP contribution >= 0.6 is 0 Å². The predicted octanol–water partition coefficient (Wildman–Crippen LogP) is 4.41. The molecule has 0 bridgehead atoms. The van der Waals surface area contributed by atoms with Gasteiger partial charge in [-0.3, -0.25) is 9.59 Å². The second kappa shape index (κ2) is 8.70. The zero-order valence-corrected chi connectivity index (χ0v) is 20.3. The van der Waals surface area contributed by atoms with E-state index in [1.165, 1.54) is 0 Å². The summed E-state index contributed by atoms with van der Waals surface area (Å²) in [7, 11) is 0. The average Bonchev–Trinajstić information content (AvgIpc) is 3.53. The van der Waals surface area contributed by atoms with Gasteiger partial charge in [-0.2, -0.15) is 0 Å². The number of rotatable bonds is 5. The molecule has 0 radical (unpaired) electrons. The van der Waals surface area contributed by atoms with Crippen LogP contribution in [0.15, 0.2) is 48.5 Å². The number of hydrogen-bond donors (Lipinski definition) is 2. The first-order valence-corrected chi connectivity index (χ1v) is 12.4. The molecule has 2 N–H and O–H groups in total. The highest BCUT2D eigenvalue weighted by molar-refractivity contribution is 5.91. The molecule has 0 spiro atoms. The van der Waals surface area contributed by atoms with E-state index in [1.807, 2.05) is 31.2 Å². The molecule has 1 saturated carbocycles. The summed E-state index contributed by atoms with van der Waals surface area (Å²) in [5.74, 6) is -1.32. The lowest BCUT2D eigenvalue weighted by atomic mass is 9.81. The molecule has 2 amide bonds. The van der Waals surface area contributed by atoms with Gasteiger partial charge in [0.05, 0.1) is 5.41 Å². The number of carbonyl (C=O) groups excluding carboxylic acids is 2. The molecule has 2 aliphatic carbocycles. The predicted molar refractivity (Wildman–Crippen MR) is 131 cm³/mol. The Hall–Kier alpha value is -3.35. The van der Waals surface area contributed by atoms with Gasteiger partial charge in [0.15, 0.2) is 0 Å². The Morgan fingerprint density at radius 2 is 1.60 bits per heavy atom. The highest BCUT2D eigenvalue weighted by Crippen LogP contribution is 2.45. The number of carboxylic acid groups (broad SMARTS) is 1. The van der Waals surface area contributed by atoms with Gasteiger partial charge >= 0.3 is 12.1 Å². The number of nitrogens with zero attached hydrogens (tertiary/aromatic N) is 1. The van der Waals surface area contributed by atoms with Gasteiger partial charge in [0.25, 0.3) is 0 Å². The maximum absolute atomic E-state index is 13.6. The van der Waals surface area contributed by atoms with Gasteiger partial charge in [-0.1, -0.05) is 68.3 Å². The third kappa shape index (κ3) is 3.87. The molecule has 5 rings (SSSR count). The number of fused-ring (bicyclic) bond motifs is 3. The zero-order valence-electron chi connectivity index (χ0n) is 20.3. The van der Waals surface area contributed by atoms with Crippen LogP contribution in [-0.2, 0) is 14.3 Å². The van der Waals surface area contributed by atoms with Crippen LogP contribution in [0.3, 0.4) is 0 Å². The van der Waals surface area contributed by atoms with Gasteiger partial charge in [0, 0.05) is 19.0 Å². The number of carbonyl (C=O) groups is 3. The molecule has 1 heterocycles. The Bertz CT molecular complexity index is 1130. The lowest BCUT2D eigenvalue weighted by Crippen LogP contribution is -2.58. The van der Waals surface area contributed by atoms with Gasteiger partial charge < -0.3 is 20.1 Å². The first-order valence-electron chi connectivity index (χ1n) is 12.4. The molecule has 7 heteroatoms. The van der Waals surface area contributed by atoms with Gasteiger partial charge in [-0.15, -0.1) is 0 Å². The van der Waals surface area contributed by atoms with Crippen molar-refractivity contribution in [2.75, 3.05) is 19.7 Å². The Morgan fingerprint density at radius 3 is 2.14 bits per heavy atom. The maximum atomic E-state index is 13.6. The van der Waals surface area contributed by atoms with Crippen LogP contribution in [-0.4, -0.2) is 53.2 Å². The van der Waals surface area contributed by atoms with E-state index >= 15 is 0 Å². The van der Waals surface area contributed by atoms with Crippen molar-refractivity contribution in [2.24, 2.45) is 11.3 Å². The van der Waals surface area contributed by atoms with E-state index in [4.69, 9.17) is 4.74 Å². The van der Waals surface area contributed by atoms with Gasteiger partial charge in [-0.05, 0) is 47.9 Å². The number of benzene rings is 2. The fourth-order valence-electron chi connectivity index (χ4n) is 6.09. The molecule has 2 aromatic carbocycles. The Kier molecular flexibility index (Phi) is 5.82. The van der Waals surface area contributed by atoms with Gasteiger partial charge in [0.2, 0.25) is 5.91 Å². The second-order valence-corrected chi connectivity index (χ2v) is 10.5. The lowest BCUT2D eigenvalue weighted by molar-refractivity contribution is -0.149. The molecule has 2 fully saturated rings. The molecule has 2 atom stereocenters. The molecule has 1 saturated heterocycles. The maximum Gasteiger partial charge on any atom is 0.408 e. The SMILES string of the molecule is C[C@H]1CN(C(=O)C2(NC(=O)OCC3c4ccccc4-c4ccccc43)CCCC2)C[C@]1(C)C(=O)O. The summed E-state index contributed by atoms with van der Waals surface area (Å²) in [4.78, 5) is 40.1. The number of likely N-dealkylation sites (tertiary alicyclic amines) is 1. The van der Waals surface area contributed by atoms with Crippen LogP contribution < -0.4 is 5.32 Å². The first-order chi connectivity index (χ1) is 16.7. The van der Waals surface area contributed by atoms with Crippen LogP contribution in [0.25, 0.3) is 11.1 Å². The molecule has 35 heavy (non-hydrogen) atoms. The van der Waals surface area contributed by atoms with E-state index in [1.54, 1.807) is 11.8 Å². The fraction of sp³-hybridized carbons (Fsp3) is 0.464. The van der Waals surface area contributed by atoms with Crippen LogP contribution in [0, 0.1) is 11.3 Å². The number of ether oxygens (including phenoxy) is 1. The van der Waals surface area contributed by atoms with Crippen LogP contribution in [0.2, 0.25) is 0 Å². The summed E-state index contributed by atoms with van der Waals surface area (Å²) in [6.07, 6.45) is 2.12. The van der Waals surface area contributed by atoms with Crippen molar-refractivity contribution in [1.82, 2.24) is 10.2 Å². The Labute approximate surface area is 205 Å². The van der Waals surface area contributed by atoms with Gasteiger partial charge in [-0.25, -0.2) is 4.79 Å². The van der Waals surface area contributed by atoms with Crippen molar-refractivity contribution >= 4 is 18.0 Å². The molecule has 7 nitrogen and oxygen atoms in total. The molecule has 3 aliphatic rings. The zero-order chi connectivity index (χ0) is 24.8. The van der Waals surface area contributed by atoms with Crippen LogP contribution in [0.4, 0.5) is 4.79 Å². The van der Waals surface area contributed by atoms with Crippen molar-refractivity contribution in [3.05, 3.63) is 59.7 Å². The van der Waals surface area contributed by atoms with Gasteiger partial charge in [0.1, 0.15) is 12.1 Å². The molecule has 184 valence electrons. The third-order valence-corrected chi connectivity index (χ3v) is 8.43. The van der Waals surface area contributed by atoms with E-state index in [0.717, 1.165) is 35.1 Å². The van der Waals surface area contributed by atoms with Crippen LogP contribution in [0.5, 0.6) is 0 Å². The minimum atomic E-state index is -1.04. The first kappa shape index (κ1) is 23.4. The van der Waals surface area contributed by atoms with Crippen molar-refractivity contribution < 1.29 is 24.2 Å². The highest BCUT2D eigenvalue weighted by Gasteiger charge is 2.53. The van der Waals surface area contributed by atoms with Crippen molar-refractivity contribution in [3.63, 3.8) is 0 Å². The molecular formula is C28H32N2O5. The lowest BCUT2D eigenvalue weighted by Gasteiger charge is -2.33. The summed E-state index contributed by atoms with van der Waals surface area (Å²) in [5.41, 5.74) is 2.55. The normalized spacial score (nSPS) is 24.6. The summed E-state index contributed by atoms with van der Waals surface area (Å²) in [5, 5.41) is 12.6. The average molecular weight is 477 g/mol. The smallest absolute Gasteiger partial charge is 0.408 e. The molecule has 0 unspecified atom stereocenters. The summed E-state index contributed by atoms with van der Waals surface area (Å²) >= 11 is 0. The Balaban J connectivity index is 1.29. The van der Waals surface area contributed by atoms with E-state index in [-0.39, 0.29) is 30.9 Å². The quantitative estimate of drug-likeness (QED) is 0.667. The minimum Gasteiger partial charge on any atom is -0.481 e. The van der Waals surface area contributed by atoms with Crippen molar-refractivity contribution in [2.45, 2.75) is 51.0 Å². The number of alkyl carbamates (subject to hydrolysis) is 1. The Morgan fingerprint density at radius 1 is 1.03 bits per heavy atom. The number of carboxylic acids is 1. The third-order valence-electron chi connectivity index (χ3n) is 8.43. The van der Waals surface area contributed by atoms with E-state index in [2.05, 4.69) is 29.6 Å². The van der Waals surface area contributed by atoms with E-state index in [9.17, 15) is 19.5 Å². The standard InChI is InChI=1S/C28H32N2O5/c1-18-15-30(17-27(18,2)25(32)33)24(31)28(13-7-8-14-28)29-26(34)35-16-23-21-11-5-3-9-19(21)20-10-4-6-12-22(20)23/h3-6,9-12,18,23H,7-8,13-17H2,1-2H3,(H,29,34)(H,32,33)/t18-,27-/m0/s1. The second-order valence-electron chi connectivity index (χ2n) is 10.5. The van der Waals surface area contributed by atoms with Crippen molar-refractivity contribution in [3.8, 4) is 11.1 Å². The minimum absolute atomic E-state index is 0.0564. The number of nitrogens with one attached hydrogen (secondary N) is 1. The summed E-state index contributed by atoms with van der Waals surface area (Å²) < 4.78 is 5.72. The molecule has 2 aromatic rings. The summed E-state index contributed by atoms with van der Waals surface area (Å²) in [6, 6.07) is 16.3. The highest BCUT2D eigenvalue weighted by atomic mass is 16.5. The van der Waals surface area contributed by atoms with Crippen LogP contribution in [0.1, 0.15) is 56.6 Å². The molecule has 1 aliphatic heterocycles. The fourth-order valence-corrected chi connectivity index (χ4v) is 6.09. The van der Waals surface area contributed by atoms with Crippen molar-refractivity contribution in [1.29, 1.82) is 0 Å². The molecular weight excluding hydrogens is 444 g/mol.